The second-order valence-corrected chi connectivity index (χ2v) is 5.55. The maximum atomic E-state index is 11.6. The second-order valence-electron chi connectivity index (χ2n) is 5.12. The number of carbonyl (C=O) groups excluding carboxylic acids is 1. The Morgan fingerprint density at radius 3 is 2.37 bits per heavy atom. The van der Waals surface area contributed by atoms with E-state index < -0.39 is 17.3 Å². The van der Waals surface area contributed by atoms with Crippen molar-refractivity contribution in [2.75, 3.05) is 11.9 Å². The molecule has 2 rings (SSSR count). The Hall–Kier alpha value is -1.30. The van der Waals surface area contributed by atoms with Gasteiger partial charge in [-0.2, -0.15) is 0 Å². The summed E-state index contributed by atoms with van der Waals surface area (Å²) in [5.74, 6) is 0. The molecule has 1 aromatic carbocycles. The SMILES string of the molecule is CC1(C)OOC1(C)COC(=O)Nc1ccc(Cl)cc1. The van der Waals surface area contributed by atoms with Crippen LogP contribution in [0.25, 0.3) is 0 Å². The number of hydrogen-bond acceptors (Lipinski definition) is 4. The summed E-state index contributed by atoms with van der Waals surface area (Å²) in [5.41, 5.74) is -0.498. The summed E-state index contributed by atoms with van der Waals surface area (Å²) in [7, 11) is 0. The van der Waals surface area contributed by atoms with Crippen molar-refractivity contribution in [3.05, 3.63) is 29.3 Å². The highest BCUT2D eigenvalue weighted by Crippen LogP contribution is 2.40. The van der Waals surface area contributed by atoms with Crippen LogP contribution < -0.4 is 5.32 Å². The van der Waals surface area contributed by atoms with Crippen LogP contribution in [0.2, 0.25) is 5.02 Å². The molecule has 0 radical (unpaired) electrons. The van der Waals surface area contributed by atoms with Gasteiger partial charge < -0.3 is 4.74 Å². The van der Waals surface area contributed by atoms with Crippen LogP contribution in [-0.4, -0.2) is 23.9 Å². The zero-order valence-electron chi connectivity index (χ0n) is 11.0. The molecule has 0 aromatic heterocycles. The first-order chi connectivity index (χ1) is 8.82. The van der Waals surface area contributed by atoms with Gasteiger partial charge in [0.1, 0.15) is 12.2 Å². The fraction of sp³-hybridized carbons (Fsp3) is 0.462. The summed E-state index contributed by atoms with van der Waals surface area (Å²) in [4.78, 5) is 21.6. The summed E-state index contributed by atoms with van der Waals surface area (Å²) in [6.07, 6.45) is -0.546. The molecule has 1 saturated heterocycles. The van der Waals surface area contributed by atoms with Gasteiger partial charge in [0.2, 0.25) is 0 Å². The van der Waals surface area contributed by atoms with Gasteiger partial charge in [0.15, 0.2) is 5.60 Å². The minimum atomic E-state index is -0.635. The van der Waals surface area contributed by atoms with Gasteiger partial charge in [-0.25, -0.2) is 14.6 Å². The van der Waals surface area contributed by atoms with E-state index in [1.165, 1.54) is 0 Å². The number of rotatable bonds is 3. The van der Waals surface area contributed by atoms with Gasteiger partial charge in [0.25, 0.3) is 0 Å². The van der Waals surface area contributed by atoms with Crippen LogP contribution in [0.15, 0.2) is 24.3 Å². The molecule has 1 aromatic rings. The fourth-order valence-electron chi connectivity index (χ4n) is 1.44. The zero-order valence-corrected chi connectivity index (χ0v) is 11.8. The lowest BCUT2D eigenvalue weighted by atomic mass is 9.86. The van der Waals surface area contributed by atoms with E-state index in [0.29, 0.717) is 10.7 Å². The second kappa shape index (κ2) is 5.00. The highest BCUT2D eigenvalue weighted by atomic mass is 35.5. The summed E-state index contributed by atoms with van der Waals surface area (Å²) in [6, 6.07) is 6.76. The minimum absolute atomic E-state index is 0.111. The maximum absolute atomic E-state index is 11.6. The van der Waals surface area contributed by atoms with Crippen LogP contribution in [0, 0.1) is 0 Å². The summed E-state index contributed by atoms with van der Waals surface area (Å²) >= 11 is 5.75. The van der Waals surface area contributed by atoms with Crippen molar-refractivity contribution in [3.8, 4) is 0 Å². The van der Waals surface area contributed by atoms with Crippen LogP contribution in [0.4, 0.5) is 10.5 Å². The van der Waals surface area contributed by atoms with Gasteiger partial charge in [-0.3, -0.25) is 5.32 Å². The predicted octanol–water partition coefficient (Wildman–Crippen LogP) is 3.39. The first-order valence-corrected chi connectivity index (χ1v) is 6.26. The Morgan fingerprint density at radius 2 is 1.89 bits per heavy atom. The van der Waals surface area contributed by atoms with Gasteiger partial charge in [-0.1, -0.05) is 11.6 Å². The van der Waals surface area contributed by atoms with E-state index in [1.54, 1.807) is 24.3 Å². The number of amides is 1. The Kier molecular flexibility index (Phi) is 3.71. The molecule has 1 heterocycles. The molecular formula is C13H16ClNO4. The molecule has 1 aliphatic rings. The van der Waals surface area contributed by atoms with Crippen molar-refractivity contribution in [1.82, 2.24) is 0 Å². The summed E-state index contributed by atoms with van der Waals surface area (Å²) in [5, 5.41) is 3.21. The highest BCUT2D eigenvalue weighted by molar-refractivity contribution is 6.30. The topological polar surface area (TPSA) is 56.8 Å². The van der Waals surface area contributed by atoms with Crippen LogP contribution in [-0.2, 0) is 14.5 Å². The third-order valence-electron chi connectivity index (χ3n) is 3.28. The van der Waals surface area contributed by atoms with Crippen LogP contribution in [0.1, 0.15) is 20.8 Å². The predicted molar refractivity (Wildman–Crippen MR) is 71.1 cm³/mol. The molecule has 1 atom stereocenters. The lowest BCUT2D eigenvalue weighted by molar-refractivity contribution is -0.543. The Balaban J connectivity index is 1.84. The average Bonchev–Trinajstić information content (AvgIpc) is 2.37. The first-order valence-electron chi connectivity index (χ1n) is 5.89. The summed E-state index contributed by atoms with van der Waals surface area (Å²) < 4.78 is 5.13. The molecule has 1 fully saturated rings. The molecule has 1 aliphatic heterocycles. The molecule has 0 saturated carbocycles. The largest absolute Gasteiger partial charge is 0.446 e. The van der Waals surface area contributed by atoms with E-state index in [9.17, 15) is 4.79 Å². The molecular weight excluding hydrogens is 270 g/mol. The van der Waals surface area contributed by atoms with E-state index in [-0.39, 0.29) is 6.61 Å². The van der Waals surface area contributed by atoms with Gasteiger partial charge in [-0.15, -0.1) is 0 Å². The number of halogens is 1. The van der Waals surface area contributed by atoms with Crippen LogP contribution >= 0.6 is 11.6 Å². The fourth-order valence-corrected chi connectivity index (χ4v) is 1.56. The minimum Gasteiger partial charge on any atom is -0.446 e. The Morgan fingerprint density at radius 1 is 1.26 bits per heavy atom. The van der Waals surface area contributed by atoms with Crippen molar-refractivity contribution in [2.45, 2.75) is 32.0 Å². The lowest BCUT2D eigenvalue weighted by Gasteiger charge is -2.49. The zero-order chi connectivity index (χ0) is 14.1. The maximum Gasteiger partial charge on any atom is 0.411 e. The number of hydrogen-bond donors (Lipinski definition) is 1. The van der Waals surface area contributed by atoms with Gasteiger partial charge in [0, 0.05) is 10.7 Å². The van der Waals surface area contributed by atoms with Crippen molar-refractivity contribution in [2.24, 2.45) is 0 Å². The van der Waals surface area contributed by atoms with Crippen molar-refractivity contribution in [3.63, 3.8) is 0 Å². The molecule has 19 heavy (non-hydrogen) atoms. The Bertz CT molecular complexity index is 474. The third-order valence-corrected chi connectivity index (χ3v) is 3.53. The number of benzene rings is 1. The normalized spacial score (nSPS) is 24.4. The summed E-state index contributed by atoms with van der Waals surface area (Å²) in [6.45, 7) is 5.68. The van der Waals surface area contributed by atoms with Gasteiger partial charge >= 0.3 is 6.09 Å². The molecule has 1 unspecified atom stereocenters. The quantitative estimate of drug-likeness (QED) is 0.865. The van der Waals surface area contributed by atoms with Crippen molar-refractivity contribution in [1.29, 1.82) is 0 Å². The molecule has 5 nitrogen and oxygen atoms in total. The van der Waals surface area contributed by atoms with E-state index in [4.69, 9.17) is 26.1 Å². The van der Waals surface area contributed by atoms with E-state index in [1.807, 2.05) is 20.8 Å². The molecule has 1 amide bonds. The molecule has 6 heteroatoms. The number of nitrogens with one attached hydrogen (secondary N) is 1. The molecule has 1 N–H and O–H groups in total. The van der Waals surface area contributed by atoms with Gasteiger partial charge in [-0.05, 0) is 45.0 Å². The molecule has 0 spiro atoms. The lowest BCUT2D eigenvalue weighted by Crippen LogP contribution is -2.64. The smallest absolute Gasteiger partial charge is 0.411 e. The van der Waals surface area contributed by atoms with E-state index >= 15 is 0 Å². The number of carbonyl (C=O) groups is 1. The van der Waals surface area contributed by atoms with Gasteiger partial charge in [0.05, 0.1) is 0 Å². The van der Waals surface area contributed by atoms with Crippen LogP contribution in [0.3, 0.4) is 0 Å². The molecule has 0 aliphatic carbocycles. The average molecular weight is 286 g/mol. The van der Waals surface area contributed by atoms with Crippen molar-refractivity contribution < 1.29 is 19.3 Å². The van der Waals surface area contributed by atoms with Crippen LogP contribution in [0.5, 0.6) is 0 Å². The third kappa shape index (κ3) is 3.00. The standard InChI is InChI=1S/C13H16ClNO4/c1-12(2)13(3,19-18-12)8-17-11(16)15-10-6-4-9(14)5-7-10/h4-7H,8H2,1-3H3,(H,15,16). The molecule has 0 bridgehead atoms. The monoisotopic (exact) mass is 285 g/mol. The van der Waals surface area contributed by atoms with E-state index in [2.05, 4.69) is 5.32 Å². The first kappa shape index (κ1) is 14.1. The Labute approximate surface area is 116 Å². The number of anilines is 1. The highest BCUT2D eigenvalue weighted by Gasteiger charge is 2.55. The van der Waals surface area contributed by atoms with E-state index in [0.717, 1.165) is 0 Å². The number of ether oxygens (including phenoxy) is 1. The molecule has 104 valence electrons. The van der Waals surface area contributed by atoms with Crippen molar-refractivity contribution >= 4 is 23.4 Å².